The average Bonchev–Trinajstić information content (AvgIpc) is 2.81. The molecule has 0 aromatic carbocycles. The van der Waals surface area contributed by atoms with Gasteiger partial charge in [0, 0.05) is 18.0 Å². The van der Waals surface area contributed by atoms with Crippen molar-refractivity contribution in [3.8, 4) is 5.75 Å². The molecule has 6 atom stereocenters. The maximum absolute atomic E-state index is 13.8. The number of pyridine rings is 1. The van der Waals surface area contributed by atoms with Crippen molar-refractivity contribution in [1.29, 1.82) is 0 Å². The summed E-state index contributed by atoms with van der Waals surface area (Å²) < 4.78 is 5.45. The van der Waals surface area contributed by atoms with E-state index in [-0.39, 0.29) is 54.2 Å². The minimum absolute atomic E-state index is 0.0185. The lowest BCUT2D eigenvalue weighted by atomic mass is 9.52. The first-order valence-corrected chi connectivity index (χ1v) is 12.7. The van der Waals surface area contributed by atoms with E-state index in [0.29, 0.717) is 0 Å². The molecule has 12 nitrogen and oxygen atoms in total. The summed E-state index contributed by atoms with van der Waals surface area (Å²) in [4.78, 5) is 71.5. The van der Waals surface area contributed by atoms with E-state index in [4.69, 9.17) is 22.1 Å². The monoisotopic (exact) mass is 550 g/mol. The fraction of sp³-hybridized carbons (Fsp3) is 0.600. The van der Waals surface area contributed by atoms with Gasteiger partial charge in [0.05, 0.1) is 30.2 Å². The van der Waals surface area contributed by atoms with Crippen LogP contribution in [-0.4, -0.2) is 94.1 Å². The number of carbonyl (C=O) groups excluding carboxylic acids is 5. The summed E-state index contributed by atoms with van der Waals surface area (Å²) in [5, 5.41) is 25.3. The van der Waals surface area contributed by atoms with Gasteiger partial charge in [0.2, 0.25) is 5.91 Å². The molecule has 5 N–H and O–H groups in total. The molecule has 0 aliphatic heterocycles. The highest BCUT2D eigenvalue weighted by atomic mass is 35.5. The lowest BCUT2D eigenvalue weighted by Gasteiger charge is -2.52. The summed E-state index contributed by atoms with van der Waals surface area (Å²) in [6.45, 7) is 4.25. The predicted molar refractivity (Wildman–Crippen MR) is 134 cm³/mol. The summed E-state index contributed by atoms with van der Waals surface area (Å²) in [6.07, 6.45) is -0.0369. The van der Waals surface area contributed by atoms with E-state index in [1.54, 1.807) is 0 Å². The maximum atomic E-state index is 13.8. The number of primary amides is 1. The zero-order valence-corrected chi connectivity index (χ0v) is 22.2. The van der Waals surface area contributed by atoms with Crippen LogP contribution < -0.4 is 11.1 Å². The Bertz CT molecular complexity index is 1230. The number of nitrogens with one attached hydrogen (secondary N) is 1. The molecule has 38 heavy (non-hydrogen) atoms. The second-order valence-electron chi connectivity index (χ2n) is 10.6. The molecule has 1 amide bonds. The molecule has 4 rings (SSSR count). The summed E-state index contributed by atoms with van der Waals surface area (Å²) in [6, 6.07) is -1.17. The quantitative estimate of drug-likeness (QED) is 0.199. The lowest BCUT2D eigenvalue weighted by Crippen LogP contribution is -2.74. The van der Waals surface area contributed by atoms with Crippen LogP contribution in [0.5, 0.6) is 5.75 Å². The van der Waals surface area contributed by atoms with Crippen LogP contribution in [0.25, 0.3) is 0 Å². The highest BCUT2D eigenvalue weighted by molar-refractivity contribution is 6.34. The Morgan fingerprint density at radius 2 is 1.92 bits per heavy atom. The number of nitrogens with two attached hydrogens (primary N) is 1. The first-order valence-electron chi connectivity index (χ1n) is 12.3. The number of nitrogens with zero attached hydrogens (tertiary/aromatic N) is 2. The van der Waals surface area contributed by atoms with Crippen LogP contribution in [0.1, 0.15) is 36.2 Å². The molecule has 0 radical (unpaired) electrons. The number of aliphatic hydroxyl groups is 1. The van der Waals surface area contributed by atoms with Crippen molar-refractivity contribution >= 4 is 46.5 Å². The van der Waals surface area contributed by atoms with Gasteiger partial charge in [-0.1, -0.05) is 11.6 Å². The summed E-state index contributed by atoms with van der Waals surface area (Å²) >= 11 is 6.41. The second kappa shape index (κ2) is 9.99. The average molecular weight is 551 g/mol. The standard InChI is InChI=1S/C25H31ClN4O8/c1-9(2)38-6-5-28-24-19(33)14-11(22(26)29-24)7-10-8-12-16(30(3)4)18(32)15(23(27)36)21(35)25(12,37)20(34)13(10)17(14)31/h9-10,12-13,15-16,33,37H,5-8H2,1-4H3,(H2,27,36)(H,28,29)/t10-,12-,13?,15?,16-,25-/m0/s1. The fourth-order valence-electron chi connectivity index (χ4n) is 6.10. The van der Waals surface area contributed by atoms with Gasteiger partial charge < -0.3 is 26.0 Å². The number of ether oxygens (including phenoxy) is 1. The number of carbonyl (C=O) groups is 5. The highest BCUT2D eigenvalue weighted by Gasteiger charge is 2.69. The zero-order chi connectivity index (χ0) is 28.3. The van der Waals surface area contributed by atoms with Crippen molar-refractivity contribution in [2.45, 2.75) is 44.4 Å². The molecule has 2 fully saturated rings. The van der Waals surface area contributed by atoms with Crippen molar-refractivity contribution in [3.63, 3.8) is 0 Å². The van der Waals surface area contributed by atoms with Crippen molar-refractivity contribution in [2.24, 2.45) is 29.4 Å². The summed E-state index contributed by atoms with van der Waals surface area (Å²) in [7, 11) is 3.04. The molecule has 2 unspecified atom stereocenters. The van der Waals surface area contributed by atoms with Gasteiger partial charge in [0.15, 0.2) is 46.2 Å². The summed E-state index contributed by atoms with van der Waals surface area (Å²) in [5.74, 6) is -11.4. The zero-order valence-electron chi connectivity index (χ0n) is 21.5. The van der Waals surface area contributed by atoms with E-state index in [0.717, 1.165) is 0 Å². The third-order valence-electron chi connectivity index (χ3n) is 7.72. The van der Waals surface area contributed by atoms with Crippen LogP contribution in [0.4, 0.5) is 5.82 Å². The fourth-order valence-corrected chi connectivity index (χ4v) is 6.36. The molecule has 3 aliphatic rings. The lowest BCUT2D eigenvalue weighted by molar-refractivity contribution is -0.181. The molecular weight excluding hydrogens is 520 g/mol. The number of fused-ring (bicyclic) bond motifs is 3. The normalized spacial score (nSPS) is 30.8. The number of hydrogen-bond donors (Lipinski definition) is 4. The third kappa shape index (κ3) is 4.19. The van der Waals surface area contributed by atoms with Gasteiger partial charge in [-0.2, -0.15) is 0 Å². The molecule has 2 saturated carbocycles. The summed E-state index contributed by atoms with van der Waals surface area (Å²) in [5.41, 5.74) is 2.56. The SMILES string of the molecule is CC(C)OCCNc1nc(Cl)c2c(c1O)C(=O)C1C(=O)[C@]3(O)C(=O)C(C(N)=O)C(=O)[C@@H](N(C)C)[C@@H]3C[C@@H]1C2. The highest BCUT2D eigenvalue weighted by Crippen LogP contribution is 2.51. The van der Waals surface area contributed by atoms with Crippen molar-refractivity contribution in [2.75, 3.05) is 32.6 Å². The molecule has 0 saturated heterocycles. The number of aromatic nitrogens is 1. The molecule has 0 bridgehead atoms. The molecule has 13 heteroatoms. The first-order chi connectivity index (χ1) is 17.7. The van der Waals surface area contributed by atoms with Crippen molar-refractivity contribution in [1.82, 2.24) is 9.88 Å². The second-order valence-corrected chi connectivity index (χ2v) is 10.9. The number of ketones is 4. The minimum atomic E-state index is -2.78. The van der Waals surface area contributed by atoms with Crippen LogP contribution in [0.2, 0.25) is 5.15 Å². The van der Waals surface area contributed by atoms with Gasteiger partial charge in [-0.3, -0.25) is 28.9 Å². The first kappa shape index (κ1) is 28.1. The van der Waals surface area contributed by atoms with Gasteiger partial charge in [-0.25, -0.2) is 4.98 Å². The molecule has 3 aliphatic carbocycles. The topological polar surface area (TPSA) is 189 Å². The van der Waals surface area contributed by atoms with Crippen LogP contribution in [-0.2, 0) is 30.3 Å². The molecule has 1 aromatic rings. The minimum Gasteiger partial charge on any atom is -0.504 e. The third-order valence-corrected chi connectivity index (χ3v) is 8.03. The Morgan fingerprint density at radius 3 is 2.50 bits per heavy atom. The molecule has 0 spiro atoms. The van der Waals surface area contributed by atoms with Crippen molar-refractivity contribution in [3.05, 3.63) is 16.3 Å². The Balaban J connectivity index is 1.75. The molecule has 206 valence electrons. The van der Waals surface area contributed by atoms with E-state index in [1.807, 2.05) is 13.8 Å². The number of aromatic hydroxyl groups is 1. The number of Topliss-reactive ketones (excluding diaryl/α,β-unsaturated/α-hetero) is 4. The Labute approximate surface area is 223 Å². The van der Waals surface area contributed by atoms with Crippen LogP contribution in [0.15, 0.2) is 0 Å². The Hall–Kier alpha value is -2.93. The molecule has 1 aromatic heterocycles. The smallest absolute Gasteiger partial charge is 0.235 e. The number of anilines is 1. The number of amides is 1. The Kier molecular flexibility index (Phi) is 7.38. The van der Waals surface area contributed by atoms with E-state index in [2.05, 4.69) is 10.3 Å². The van der Waals surface area contributed by atoms with E-state index in [9.17, 15) is 34.2 Å². The number of likely N-dealkylation sites (N-methyl/N-ethyl adjacent to an activating group) is 1. The van der Waals surface area contributed by atoms with Crippen LogP contribution in [0.3, 0.4) is 0 Å². The number of rotatable bonds is 7. The van der Waals surface area contributed by atoms with Gasteiger partial charge in [0.25, 0.3) is 0 Å². The van der Waals surface area contributed by atoms with Gasteiger partial charge >= 0.3 is 0 Å². The van der Waals surface area contributed by atoms with E-state index < -0.39 is 70.1 Å². The largest absolute Gasteiger partial charge is 0.504 e. The van der Waals surface area contributed by atoms with E-state index >= 15 is 0 Å². The molecule has 1 heterocycles. The van der Waals surface area contributed by atoms with Crippen LogP contribution in [0, 0.1) is 23.7 Å². The van der Waals surface area contributed by atoms with Gasteiger partial charge in [-0.15, -0.1) is 0 Å². The van der Waals surface area contributed by atoms with Gasteiger partial charge in [0.1, 0.15) is 5.15 Å². The number of hydrogen-bond acceptors (Lipinski definition) is 11. The van der Waals surface area contributed by atoms with Crippen LogP contribution >= 0.6 is 11.6 Å². The Morgan fingerprint density at radius 1 is 1.26 bits per heavy atom. The molecular formula is C25H31ClN4O8. The maximum Gasteiger partial charge on any atom is 0.235 e. The number of halogens is 1. The van der Waals surface area contributed by atoms with E-state index in [1.165, 1.54) is 19.0 Å². The predicted octanol–water partition coefficient (Wildman–Crippen LogP) is -0.248. The van der Waals surface area contributed by atoms with Gasteiger partial charge in [-0.05, 0) is 46.7 Å². The van der Waals surface area contributed by atoms with Crippen molar-refractivity contribution < 1.29 is 38.9 Å².